The molecule has 0 aromatic heterocycles. The highest BCUT2D eigenvalue weighted by Gasteiger charge is 2.26. The van der Waals surface area contributed by atoms with Crippen LogP contribution in [0.3, 0.4) is 0 Å². The normalized spacial score (nSPS) is 21.0. The van der Waals surface area contributed by atoms with E-state index >= 15 is 0 Å². The van der Waals surface area contributed by atoms with Crippen LogP contribution >= 0.6 is 15.9 Å². The molecule has 23 heavy (non-hydrogen) atoms. The zero-order chi connectivity index (χ0) is 17.0. The summed E-state index contributed by atoms with van der Waals surface area (Å²) in [4.78, 5) is 25.9. The van der Waals surface area contributed by atoms with Gasteiger partial charge in [-0.15, -0.1) is 0 Å². The lowest BCUT2D eigenvalue weighted by atomic mass is 10.2. The summed E-state index contributed by atoms with van der Waals surface area (Å²) in [6.07, 6.45) is -0.0353. The van der Waals surface area contributed by atoms with Gasteiger partial charge in [0.15, 0.2) is 6.61 Å². The third-order valence-electron chi connectivity index (χ3n) is 3.49. The largest absolute Gasteiger partial charge is 0.496 e. The molecule has 0 radical (unpaired) electrons. The standard InChI is InChI=1S/C16H20BrNO5/c1-10-7-18(8-11(2)23-10)15(19)9-22-16(20)12-4-5-14(21-3)13(17)6-12/h4-6,10-11H,7-9H2,1-3H3/t10-,11-/m0/s1. The Morgan fingerprint density at radius 3 is 2.52 bits per heavy atom. The molecule has 2 rings (SSSR count). The van der Waals surface area contributed by atoms with Gasteiger partial charge in [0.1, 0.15) is 5.75 Å². The second-order valence-electron chi connectivity index (χ2n) is 5.48. The molecule has 1 aromatic rings. The third-order valence-corrected chi connectivity index (χ3v) is 4.11. The van der Waals surface area contributed by atoms with Crippen molar-refractivity contribution in [3.63, 3.8) is 0 Å². The zero-order valence-electron chi connectivity index (χ0n) is 13.4. The lowest BCUT2D eigenvalue weighted by molar-refractivity contribution is -0.146. The van der Waals surface area contributed by atoms with E-state index in [9.17, 15) is 9.59 Å². The number of benzene rings is 1. The van der Waals surface area contributed by atoms with Crippen molar-refractivity contribution >= 4 is 27.8 Å². The number of hydrogen-bond donors (Lipinski definition) is 0. The summed E-state index contributed by atoms with van der Waals surface area (Å²) in [7, 11) is 1.54. The molecule has 0 aliphatic carbocycles. The highest BCUT2D eigenvalue weighted by Crippen LogP contribution is 2.25. The van der Waals surface area contributed by atoms with Crippen molar-refractivity contribution in [3.8, 4) is 5.75 Å². The Balaban J connectivity index is 1.91. The van der Waals surface area contributed by atoms with Crippen molar-refractivity contribution in [2.24, 2.45) is 0 Å². The SMILES string of the molecule is COc1ccc(C(=O)OCC(=O)N2C[C@H](C)O[C@@H](C)C2)cc1Br. The smallest absolute Gasteiger partial charge is 0.338 e. The summed E-state index contributed by atoms with van der Waals surface area (Å²) in [6, 6.07) is 4.85. The van der Waals surface area contributed by atoms with Crippen LogP contribution in [0.1, 0.15) is 24.2 Å². The molecule has 1 aromatic carbocycles. The van der Waals surface area contributed by atoms with Crippen LogP contribution in [-0.4, -0.2) is 55.8 Å². The van der Waals surface area contributed by atoms with E-state index in [0.29, 0.717) is 28.9 Å². The van der Waals surface area contributed by atoms with Crippen molar-refractivity contribution in [2.45, 2.75) is 26.1 Å². The van der Waals surface area contributed by atoms with E-state index in [1.54, 1.807) is 30.2 Å². The van der Waals surface area contributed by atoms with Gasteiger partial charge in [0.25, 0.3) is 5.91 Å². The Bertz CT molecular complexity index is 582. The van der Waals surface area contributed by atoms with E-state index in [2.05, 4.69) is 15.9 Å². The number of amides is 1. The number of methoxy groups -OCH3 is 1. The Kier molecular flexibility index (Phi) is 6.01. The van der Waals surface area contributed by atoms with Crippen LogP contribution in [0.15, 0.2) is 22.7 Å². The second kappa shape index (κ2) is 7.79. The van der Waals surface area contributed by atoms with Gasteiger partial charge in [-0.1, -0.05) is 0 Å². The minimum absolute atomic E-state index is 0.0176. The van der Waals surface area contributed by atoms with Gasteiger partial charge in [-0.3, -0.25) is 4.79 Å². The van der Waals surface area contributed by atoms with E-state index in [1.165, 1.54) is 0 Å². The van der Waals surface area contributed by atoms with Crippen molar-refractivity contribution < 1.29 is 23.8 Å². The van der Waals surface area contributed by atoms with Crippen LogP contribution in [0.4, 0.5) is 0 Å². The molecule has 0 N–H and O–H groups in total. The summed E-state index contributed by atoms with van der Waals surface area (Å²) in [5, 5.41) is 0. The number of carbonyl (C=O) groups is 2. The van der Waals surface area contributed by atoms with Crippen molar-refractivity contribution in [1.82, 2.24) is 4.90 Å². The van der Waals surface area contributed by atoms with Crippen molar-refractivity contribution in [3.05, 3.63) is 28.2 Å². The van der Waals surface area contributed by atoms with Gasteiger partial charge in [-0.2, -0.15) is 0 Å². The van der Waals surface area contributed by atoms with Gasteiger partial charge in [-0.05, 0) is 48.0 Å². The maximum Gasteiger partial charge on any atom is 0.338 e. The Labute approximate surface area is 143 Å². The molecule has 2 atom stereocenters. The van der Waals surface area contributed by atoms with Crippen LogP contribution in [0.5, 0.6) is 5.75 Å². The van der Waals surface area contributed by atoms with Gasteiger partial charge in [0.05, 0.1) is 29.4 Å². The lowest BCUT2D eigenvalue weighted by Crippen LogP contribution is -2.49. The first-order valence-corrected chi connectivity index (χ1v) is 8.14. The molecule has 0 unspecified atom stereocenters. The fourth-order valence-corrected chi connectivity index (χ4v) is 3.02. The van der Waals surface area contributed by atoms with E-state index in [0.717, 1.165) is 0 Å². The molecule has 6 nitrogen and oxygen atoms in total. The molecule has 7 heteroatoms. The first-order valence-electron chi connectivity index (χ1n) is 7.34. The van der Waals surface area contributed by atoms with Crippen molar-refractivity contribution in [2.75, 3.05) is 26.8 Å². The quantitative estimate of drug-likeness (QED) is 0.743. The van der Waals surface area contributed by atoms with Crippen molar-refractivity contribution in [1.29, 1.82) is 0 Å². The summed E-state index contributed by atoms with van der Waals surface area (Å²) in [6.45, 7) is 4.57. The second-order valence-corrected chi connectivity index (χ2v) is 6.34. The number of esters is 1. The third kappa shape index (κ3) is 4.68. The molecule has 1 saturated heterocycles. The van der Waals surface area contributed by atoms with E-state index in [4.69, 9.17) is 14.2 Å². The number of nitrogens with zero attached hydrogens (tertiary/aromatic N) is 1. The van der Waals surface area contributed by atoms with Crippen LogP contribution in [0.2, 0.25) is 0 Å². The van der Waals surface area contributed by atoms with Crippen LogP contribution in [-0.2, 0) is 14.3 Å². The Morgan fingerprint density at radius 1 is 1.30 bits per heavy atom. The van der Waals surface area contributed by atoms with Crippen LogP contribution in [0, 0.1) is 0 Å². The topological polar surface area (TPSA) is 65.1 Å². The van der Waals surface area contributed by atoms with Gasteiger partial charge in [0, 0.05) is 13.1 Å². The Hall–Kier alpha value is -1.60. The van der Waals surface area contributed by atoms with Gasteiger partial charge in [-0.25, -0.2) is 4.79 Å². The molecule has 1 heterocycles. The zero-order valence-corrected chi connectivity index (χ0v) is 15.0. The summed E-state index contributed by atoms with van der Waals surface area (Å²) in [5.74, 6) is -0.141. The van der Waals surface area contributed by atoms with Gasteiger partial charge >= 0.3 is 5.97 Å². The summed E-state index contributed by atoms with van der Waals surface area (Å²) in [5.41, 5.74) is 0.356. The molecular weight excluding hydrogens is 366 g/mol. The number of morpholine rings is 1. The molecule has 0 bridgehead atoms. The maximum absolute atomic E-state index is 12.2. The number of halogens is 1. The minimum Gasteiger partial charge on any atom is -0.496 e. The Morgan fingerprint density at radius 2 is 1.96 bits per heavy atom. The average molecular weight is 386 g/mol. The van der Waals surface area contributed by atoms with Crippen LogP contribution in [0.25, 0.3) is 0 Å². The van der Waals surface area contributed by atoms with E-state index in [-0.39, 0.29) is 24.7 Å². The predicted molar refractivity (Wildman–Crippen MR) is 87.6 cm³/mol. The van der Waals surface area contributed by atoms with Gasteiger partial charge < -0.3 is 19.1 Å². The lowest BCUT2D eigenvalue weighted by Gasteiger charge is -2.35. The van der Waals surface area contributed by atoms with E-state index < -0.39 is 5.97 Å². The number of carbonyl (C=O) groups excluding carboxylic acids is 2. The average Bonchev–Trinajstić information content (AvgIpc) is 2.51. The molecular formula is C16H20BrNO5. The van der Waals surface area contributed by atoms with E-state index in [1.807, 2.05) is 13.8 Å². The number of ether oxygens (including phenoxy) is 3. The minimum atomic E-state index is -0.545. The predicted octanol–water partition coefficient (Wildman–Crippen LogP) is 2.25. The van der Waals surface area contributed by atoms with Crippen LogP contribution < -0.4 is 4.74 Å². The summed E-state index contributed by atoms with van der Waals surface area (Å²) >= 11 is 3.31. The monoisotopic (exact) mass is 385 g/mol. The highest BCUT2D eigenvalue weighted by atomic mass is 79.9. The molecule has 0 saturated carbocycles. The molecule has 0 spiro atoms. The maximum atomic E-state index is 12.2. The first-order chi connectivity index (χ1) is 10.9. The molecule has 1 aliphatic heterocycles. The fraction of sp³-hybridized carbons (Fsp3) is 0.500. The molecule has 126 valence electrons. The highest BCUT2D eigenvalue weighted by molar-refractivity contribution is 9.10. The summed E-state index contributed by atoms with van der Waals surface area (Å²) < 4.78 is 16.4. The fourth-order valence-electron chi connectivity index (χ4n) is 2.48. The number of hydrogen-bond acceptors (Lipinski definition) is 5. The first kappa shape index (κ1) is 17.7. The number of rotatable bonds is 4. The molecule has 1 fully saturated rings. The molecule has 1 amide bonds. The molecule has 1 aliphatic rings. The van der Waals surface area contributed by atoms with Gasteiger partial charge in [0.2, 0.25) is 0 Å².